The molecule has 7 heteroatoms. The number of anilines is 1. The summed E-state index contributed by atoms with van der Waals surface area (Å²) in [5, 5.41) is 19.3. The molecule has 0 unspecified atom stereocenters. The maximum atomic E-state index is 10.9. The molecule has 28 heavy (non-hydrogen) atoms. The fourth-order valence-corrected chi connectivity index (χ4v) is 3.59. The molecule has 0 radical (unpaired) electrons. The van der Waals surface area contributed by atoms with Crippen LogP contribution in [-0.2, 0) is 12.8 Å². The van der Waals surface area contributed by atoms with Gasteiger partial charge in [-0.05, 0) is 49.1 Å². The molecule has 0 saturated carbocycles. The lowest BCUT2D eigenvalue weighted by atomic mass is 10.0. The Labute approximate surface area is 163 Å². The highest BCUT2D eigenvalue weighted by atomic mass is 16.6. The normalized spacial score (nSPS) is 13.3. The number of benzene rings is 2. The van der Waals surface area contributed by atoms with Gasteiger partial charge in [0.25, 0.3) is 5.69 Å². The third-order valence-electron chi connectivity index (χ3n) is 5.02. The fraction of sp³-hybridized carbons (Fsp3) is 0.286. The van der Waals surface area contributed by atoms with E-state index in [1.54, 1.807) is 19.2 Å². The van der Waals surface area contributed by atoms with Crippen LogP contribution in [0.1, 0.15) is 29.7 Å². The van der Waals surface area contributed by atoms with Crippen molar-refractivity contribution in [3.05, 3.63) is 75.5 Å². The van der Waals surface area contributed by atoms with Crippen molar-refractivity contribution in [1.29, 1.82) is 0 Å². The van der Waals surface area contributed by atoms with Gasteiger partial charge in [-0.3, -0.25) is 10.1 Å². The van der Waals surface area contributed by atoms with Gasteiger partial charge in [-0.15, -0.1) is 0 Å². The quantitative estimate of drug-likeness (QED) is 0.533. The number of methoxy groups -OCH3 is 1. The van der Waals surface area contributed by atoms with E-state index in [4.69, 9.17) is 9.84 Å². The molecular formula is C21H22N4O3. The summed E-state index contributed by atoms with van der Waals surface area (Å²) in [6, 6.07) is 14.5. The Hall–Kier alpha value is -3.35. The predicted molar refractivity (Wildman–Crippen MR) is 107 cm³/mol. The Kier molecular flexibility index (Phi) is 4.97. The first-order valence-electron chi connectivity index (χ1n) is 9.38. The third kappa shape index (κ3) is 3.55. The van der Waals surface area contributed by atoms with E-state index in [0.29, 0.717) is 6.42 Å². The van der Waals surface area contributed by atoms with Gasteiger partial charge in [0.15, 0.2) is 0 Å². The Morgan fingerprint density at radius 2 is 2.04 bits per heavy atom. The number of hydrogen-bond donors (Lipinski definition) is 1. The molecule has 1 aromatic heterocycles. The average molecular weight is 378 g/mol. The van der Waals surface area contributed by atoms with E-state index in [9.17, 15) is 10.1 Å². The molecule has 0 amide bonds. The summed E-state index contributed by atoms with van der Waals surface area (Å²) >= 11 is 0. The minimum atomic E-state index is -0.389. The summed E-state index contributed by atoms with van der Waals surface area (Å²) in [6.45, 7) is 0.893. The Morgan fingerprint density at radius 1 is 1.21 bits per heavy atom. The van der Waals surface area contributed by atoms with Crippen LogP contribution in [0.15, 0.2) is 48.5 Å². The van der Waals surface area contributed by atoms with E-state index in [1.165, 1.54) is 17.7 Å². The number of nitrogens with one attached hydrogen (secondary N) is 1. The molecular weight excluding hydrogens is 356 g/mol. The van der Waals surface area contributed by atoms with Gasteiger partial charge in [-0.25, -0.2) is 4.68 Å². The van der Waals surface area contributed by atoms with E-state index in [-0.39, 0.29) is 10.6 Å². The maximum Gasteiger partial charge on any atom is 0.269 e. The second kappa shape index (κ2) is 7.72. The highest BCUT2D eigenvalue weighted by Crippen LogP contribution is 2.30. The molecule has 0 atom stereocenters. The lowest BCUT2D eigenvalue weighted by Gasteiger charge is -2.09. The molecule has 0 spiro atoms. The molecule has 1 aliphatic heterocycles. The lowest BCUT2D eigenvalue weighted by molar-refractivity contribution is -0.384. The van der Waals surface area contributed by atoms with Crippen molar-refractivity contribution in [3.63, 3.8) is 0 Å². The topological polar surface area (TPSA) is 82.2 Å². The van der Waals surface area contributed by atoms with Crippen LogP contribution in [0.2, 0.25) is 0 Å². The number of nitro benzene ring substituents is 1. The summed E-state index contributed by atoms with van der Waals surface area (Å²) in [5.74, 6) is 1.82. The van der Waals surface area contributed by atoms with Gasteiger partial charge < -0.3 is 10.1 Å². The number of hydrogen-bond acceptors (Lipinski definition) is 5. The number of ether oxygens (including phenoxy) is 1. The maximum absolute atomic E-state index is 10.9. The summed E-state index contributed by atoms with van der Waals surface area (Å²) in [7, 11) is 1.67. The summed E-state index contributed by atoms with van der Waals surface area (Å²) in [6.07, 6.45) is 3.89. The third-order valence-corrected chi connectivity index (χ3v) is 5.02. The molecule has 3 aromatic rings. The van der Waals surface area contributed by atoms with E-state index in [1.807, 2.05) is 22.9 Å². The van der Waals surface area contributed by atoms with Crippen LogP contribution in [0.5, 0.6) is 5.75 Å². The van der Waals surface area contributed by atoms with E-state index < -0.39 is 0 Å². The molecule has 0 aliphatic carbocycles. The van der Waals surface area contributed by atoms with Crippen molar-refractivity contribution in [2.24, 2.45) is 0 Å². The number of aromatic nitrogens is 2. The monoisotopic (exact) mass is 378 g/mol. The fourth-order valence-electron chi connectivity index (χ4n) is 3.59. The van der Waals surface area contributed by atoms with Crippen LogP contribution in [-0.4, -0.2) is 28.4 Å². The zero-order valence-corrected chi connectivity index (χ0v) is 15.7. The number of fused-ring (bicyclic) bond motifs is 1. The largest absolute Gasteiger partial charge is 0.497 e. The smallest absolute Gasteiger partial charge is 0.269 e. The second-order valence-electron chi connectivity index (χ2n) is 6.87. The van der Waals surface area contributed by atoms with Crippen molar-refractivity contribution < 1.29 is 9.66 Å². The summed E-state index contributed by atoms with van der Waals surface area (Å²) in [5.41, 5.74) is 4.27. The zero-order chi connectivity index (χ0) is 19.5. The van der Waals surface area contributed by atoms with Crippen molar-refractivity contribution in [2.45, 2.75) is 25.7 Å². The molecule has 1 aliphatic rings. The van der Waals surface area contributed by atoms with Gasteiger partial charge in [0.2, 0.25) is 0 Å². The van der Waals surface area contributed by atoms with E-state index in [0.717, 1.165) is 54.3 Å². The molecule has 2 aromatic carbocycles. The van der Waals surface area contributed by atoms with Crippen molar-refractivity contribution in [1.82, 2.24) is 9.78 Å². The zero-order valence-electron chi connectivity index (χ0n) is 15.7. The number of nitrogens with zero attached hydrogens (tertiary/aromatic N) is 3. The molecule has 7 nitrogen and oxygen atoms in total. The van der Waals surface area contributed by atoms with Crippen LogP contribution >= 0.6 is 0 Å². The number of non-ortho nitro benzene ring substituents is 1. The molecule has 144 valence electrons. The van der Waals surface area contributed by atoms with Gasteiger partial charge in [0.1, 0.15) is 11.6 Å². The van der Waals surface area contributed by atoms with E-state index >= 15 is 0 Å². The van der Waals surface area contributed by atoms with Crippen LogP contribution in [0.25, 0.3) is 5.69 Å². The summed E-state index contributed by atoms with van der Waals surface area (Å²) in [4.78, 5) is 10.6. The minimum absolute atomic E-state index is 0.0755. The first-order valence-corrected chi connectivity index (χ1v) is 9.38. The van der Waals surface area contributed by atoms with Gasteiger partial charge in [-0.1, -0.05) is 12.1 Å². The standard InChI is InChI=1S/C21H22N4O3/c1-28-18-6-4-5-15(13-18)14-20-19-7-2-3-12-22-21(19)24(23-20)16-8-10-17(11-9-16)25(26)27/h4-6,8-11,13,22H,2-3,7,12,14H2,1H3. The van der Waals surface area contributed by atoms with Crippen LogP contribution in [0.4, 0.5) is 11.5 Å². The van der Waals surface area contributed by atoms with Gasteiger partial charge >= 0.3 is 0 Å². The molecule has 2 heterocycles. The summed E-state index contributed by atoms with van der Waals surface area (Å²) < 4.78 is 7.21. The van der Waals surface area contributed by atoms with Crippen LogP contribution < -0.4 is 10.1 Å². The molecule has 0 fully saturated rings. The van der Waals surface area contributed by atoms with Crippen molar-refractivity contribution in [3.8, 4) is 11.4 Å². The highest BCUT2D eigenvalue weighted by molar-refractivity contribution is 5.56. The number of rotatable bonds is 5. The molecule has 1 N–H and O–H groups in total. The first-order chi connectivity index (χ1) is 13.7. The van der Waals surface area contributed by atoms with Crippen LogP contribution in [0, 0.1) is 10.1 Å². The van der Waals surface area contributed by atoms with Gasteiger partial charge in [0, 0.05) is 30.7 Å². The predicted octanol–water partition coefficient (Wildman–Crippen LogP) is 4.13. The average Bonchev–Trinajstić information content (AvgIpc) is 2.89. The highest BCUT2D eigenvalue weighted by Gasteiger charge is 2.21. The van der Waals surface area contributed by atoms with Crippen molar-refractivity contribution >= 4 is 11.5 Å². The molecule has 4 rings (SSSR count). The second-order valence-corrected chi connectivity index (χ2v) is 6.87. The van der Waals surface area contributed by atoms with Gasteiger partial charge in [-0.2, -0.15) is 5.10 Å². The minimum Gasteiger partial charge on any atom is -0.497 e. The van der Waals surface area contributed by atoms with E-state index in [2.05, 4.69) is 11.4 Å². The lowest BCUT2D eigenvalue weighted by Crippen LogP contribution is -2.07. The van der Waals surface area contributed by atoms with Gasteiger partial charge in [0.05, 0.1) is 23.4 Å². The first kappa shape index (κ1) is 18.0. The van der Waals surface area contributed by atoms with Crippen LogP contribution in [0.3, 0.4) is 0 Å². The Morgan fingerprint density at radius 3 is 2.79 bits per heavy atom. The molecule has 0 bridgehead atoms. The molecule has 0 saturated heterocycles. The van der Waals surface area contributed by atoms with Crippen molar-refractivity contribution in [2.75, 3.05) is 19.0 Å². The number of nitro groups is 1. The Bertz CT molecular complexity index is 995. The SMILES string of the molecule is COc1cccc(Cc2nn(-c3ccc([N+](=O)[O-])cc3)c3c2CCCCN3)c1. The Balaban J connectivity index is 1.74.